The summed E-state index contributed by atoms with van der Waals surface area (Å²) in [5.41, 5.74) is 2.06. The molecule has 0 saturated carbocycles. The number of benzene rings is 3. The van der Waals surface area contributed by atoms with Crippen LogP contribution in [0, 0.1) is 35.6 Å². The maximum absolute atomic E-state index is 14.2. The van der Waals surface area contributed by atoms with E-state index in [-0.39, 0.29) is 23.4 Å². The lowest BCUT2D eigenvalue weighted by Gasteiger charge is -2.36. The van der Waals surface area contributed by atoms with Crippen molar-refractivity contribution in [1.29, 1.82) is 0 Å². The van der Waals surface area contributed by atoms with Crippen molar-refractivity contribution in [3.8, 4) is 0 Å². The van der Waals surface area contributed by atoms with Gasteiger partial charge in [0.25, 0.3) is 11.6 Å². The van der Waals surface area contributed by atoms with E-state index in [9.17, 15) is 28.5 Å². The first kappa shape index (κ1) is 24.8. The smallest absolute Gasteiger partial charge is 0.320 e. The third-order valence-corrected chi connectivity index (χ3v) is 6.04. The summed E-state index contributed by atoms with van der Waals surface area (Å²) in [5.74, 6) is -1.75. The number of aryl methyl sites for hydroxylation is 2. The van der Waals surface area contributed by atoms with Gasteiger partial charge in [0, 0.05) is 35.8 Å². The Morgan fingerprint density at radius 2 is 1.83 bits per heavy atom. The van der Waals surface area contributed by atoms with E-state index in [0.717, 1.165) is 23.8 Å². The van der Waals surface area contributed by atoms with E-state index in [1.54, 1.807) is 25.1 Å². The third-order valence-electron chi connectivity index (χ3n) is 6.04. The molecule has 0 atom stereocenters. The molecule has 3 aromatic carbocycles. The molecule has 0 unspecified atom stereocenters. The second-order valence-electron chi connectivity index (χ2n) is 8.68. The minimum absolute atomic E-state index is 0.0728. The summed E-state index contributed by atoms with van der Waals surface area (Å²) in [4.78, 5) is 39.9. The molecule has 1 aliphatic rings. The quantitative estimate of drug-likeness (QED) is 0.358. The average molecular weight is 494 g/mol. The number of nitro benzene ring substituents is 1. The highest BCUT2D eigenvalue weighted by Gasteiger charge is 2.29. The van der Waals surface area contributed by atoms with Gasteiger partial charge in [0.15, 0.2) is 0 Å². The molecule has 1 aliphatic heterocycles. The normalized spacial score (nSPS) is 13.6. The molecular weight excluding hydrogens is 470 g/mol. The highest BCUT2D eigenvalue weighted by Crippen LogP contribution is 2.31. The molecule has 1 N–H and O–H groups in total. The van der Waals surface area contributed by atoms with Crippen molar-refractivity contribution in [2.24, 2.45) is 0 Å². The zero-order valence-electron chi connectivity index (χ0n) is 19.8. The maximum Gasteiger partial charge on any atom is 0.324 e. The number of hydrogen-bond donors (Lipinski definition) is 1. The minimum Gasteiger partial charge on any atom is -0.320 e. The first-order chi connectivity index (χ1) is 17.1. The number of carbonyl (C=O) groups excluding carboxylic acids is 2. The van der Waals surface area contributed by atoms with Crippen molar-refractivity contribution >= 4 is 29.0 Å². The summed E-state index contributed by atoms with van der Waals surface area (Å²) in [7, 11) is 0. The van der Waals surface area contributed by atoms with Crippen LogP contribution in [-0.4, -0.2) is 34.9 Å². The molecule has 3 aromatic rings. The van der Waals surface area contributed by atoms with Gasteiger partial charge in [-0.3, -0.25) is 19.8 Å². The Balaban J connectivity index is 1.60. The second-order valence-corrected chi connectivity index (χ2v) is 8.68. The zero-order valence-corrected chi connectivity index (χ0v) is 19.8. The van der Waals surface area contributed by atoms with Crippen molar-refractivity contribution in [3.63, 3.8) is 0 Å². The average Bonchev–Trinajstić information content (AvgIpc) is 2.83. The number of carbonyl (C=O) groups is 2. The number of anilines is 2. The monoisotopic (exact) mass is 494 g/mol. The number of nitrogens with zero attached hydrogens (tertiary/aromatic N) is 3. The standard InChI is InChI=1S/C26H24F2N4O4/c1-16-4-9-23(22(12-16)29-25(33)18-6-5-17(2)24(14-18)32(35)36)31-11-3-10-30(26(31)34)15-19-13-20(27)7-8-21(19)28/h4-9,12-14H,3,10-11,15H2,1-2H3,(H,29,33). The molecule has 10 heteroatoms. The topological polar surface area (TPSA) is 95.8 Å². The Labute approximate surface area is 206 Å². The highest BCUT2D eigenvalue weighted by molar-refractivity contribution is 6.08. The fourth-order valence-corrected chi connectivity index (χ4v) is 4.15. The second kappa shape index (κ2) is 10.1. The van der Waals surface area contributed by atoms with E-state index in [4.69, 9.17) is 0 Å². The van der Waals surface area contributed by atoms with Gasteiger partial charge < -0.3 is 10.2 Å². The highest BCUT2D eigenvalue weighted by atomic mass is 19.1. The zero-order chi connectivity index (χ0) is 26.0. The van der Waals surface area contributed by atoms with Crippen LogP contribution in [0.3, 0.4) is 0 Å². The first-order valence-electron chi connectivity index (χ1n) is 11.3. The van der Waals surface area contributed by atoms with E-state index in [2.05, 4.69) is 5.32 Å². The number of urea groups is 1. The Morgan fingerprint density at radius 1 is 1.06 bits per heavy atom. The summed E-state index contributed by atoms with van der Waals surface area (Å²) >= 11 is 0. The van der Waals surface area contributed by atoms with Gasteiger partial charge in [-0.1, -0.05) is 12.1 Å². The third kappa shape index (κ3) is 5.17. The number of halogens is 2. The number of nitrogens with one attached hydrogen (secondary N) is 1. The van der Waals surface area contributed by atoms with Crippen LogP contribution in [0.1, 0.15) is 33.5 Å². The molecule has 36 heavy (non-hydrogen) atoms. The molecule has 4 rings (SSSR count). The van der Waals surface area contributed by atoms with Gasteiger partial charge in [-0.25, -0.2) is 13.6 Å². The van der Waals surface area contributed by atoms with Crippen LogP contribution in [0.25, 0.3) is 0 Å². The molecule has 8 nitrogen and oxygen atoms in total. The van der Waals surface area contributed by atoms with Crippen molar-refractivity contribution in [3.05, 3.63) is 98.6 Å². The van der Waals surface area contributed by atoms with E-state index in [1.165, 1.54) is 28.0 Å². The van der Waals surface area contributed by atoms with Crippen molar-refractivity contribution in [2.75, 3.05) is 23.3 Å². The van der Waals surface area contributed by atoms with Crippen molar-refractivity contribution in [2.45, 2.75) is 26.8 Å². The van der Waals surface area contributed by atoms with Crippen molar-refractivity contribution in [1.82, 2.24) is 4.90 Å². The van der Waals surface area contributed by atoms with E-state index >= 15 is 0 Å². The fraction of sp³-hybridized carbons (Fsp3) is 0.231. The lowest BCUT2D eigenvalue weighted by molar-refractivity contribution is -0.385. The molecule has 0 spiro atoms. The van der Waals surface area contributed by atoms with Gasteiger partial charge >= 0.3 is 6.03 Å². The van der Waals surface area contributed by atoms with Gasteiger partial charge in [0.05, 0.1) is 22.8 Å². The van der Waals surface area contributed by atoms with Crippen LogP contribution >= 0.6 is 0 Å². The van der Waals surface area contributed by atoms with Crippen LogP contribution in [0.15, 0.2) is 54.6 Å². The number of hydrogen-bond acceptors (Lipinski definition) is 4. The van der Waals surface area contributed by atoms with E-state index in [1.807, 2.05) is 6.92 Å². The van der Waals surface area contributed by atoms with Crippen LogP contribution < -0.4 is 10.2 Å². The minimum atomic E-state index is -0.600. The molecule has 1 saturated heterocycles. The van der Waals surface area contributed by atoms with Crippen LogP contribution in [0.2, 0.25) is 0 Å². The Hall–Kier alpha value is -4.34. The fourth-order valence-electron chi connectivity index (χ4n) is 4.15. The molecule has 0 bridgehead atoms. The largest absolute Gasteiger partial charge is 0.324 e. The van der Waals surface area contributed by atoms with Gasteiger partial charge in [0.2, 0.25) is 0 Å². The van der Waals surface area contributed by atoms with Crippen LogP contribution in [0.4, 0.5) is 30.6 Å². The van der Waals surface area contributed by atoms with E-state index < -0.39 is 28.5 Å². The molecule has 3 amide bonds. The van der Waals surface area contributed by atoms with Crippen LogP contribution in [0.5, 0.6) is 0 Å². The van der Waals surface area contributed by atoms with Gasteiger partial charge in [-0.15, -0.1) is 0 Å². The molecule has 186 valence electrons. The SMILES string of the molecule is Cc1ccc(N2CCCN(Cc3cc(F)ccc3F)C2=O)c(NC(=O)c2ccc(C)c([N+](=O)[O-])c2)c1. The molecular formula is C26H24F2N4O4. The van der Waals surface area contributed by atoms with Gasteiger partial charge in [-0.05, 0) is 62.2 Å². The van der Waals surface area contributed by atoms with Crippen molar-refractivity contribution < 1.29 is 23.3 Å². The maximum atomic E-state index is 14.2. The first-order valence-corrected chi connectivity index (χ1v) is 11.3. The Morgan fingerprint density at radius 3 is 2.58 bits per heavy atom. The van der Waals surface area contributed by atoms with Gasteiger partial charge in [-0.2, -0.15) is 0 Å². The lowest BCUT2D eigenvalue weighted by atomic mass is 10.1. The Bertz CT molecular complexity index is 1360. The summed E-state index contributed by atoms with van der Waals surface area (Å²) in [6, 6.07) is 12.1. The number of amides is 3. The summed E-state index contributed by atoms with van der Waals surface area (Å²) in [5, 5.41) is 14.0. The molecule has 0 aliphatic carbocycles. The van der Waals surface area contributed by atoms with E-state index in [0.29, 0.717) is 36.4 Å². The summed E-state index contributed by atoms with van der Waals surface area (Å²) < 4.78 is 27.8. The predicted octanol–water partition coefficient (Wildman–Crippen LogP) is 5.57. The lowest BCUT2D eigenvalue weighted by Crippen LogP contribution is -2.49. The number of rotatable bonds is 6. The molecule has 0 radical (unpaired) electrons. The molecule has 0 aromatic heterocycles. The van der Waals surface area contributed by atoms with Gasteiger partial charge in [0.1, 0.15) is 11.6 Å². The van der Waals surface area contributed by atoms with Crippen LogP contribution in [-0.2, 0) is 6.54 Å². The molecule has 1 heterocycles. The predicted molar refractivity (Wildman–Crippen MR) is 131 cm³/mol. The Kier molecular flexibility index (Phi) is 6.96. The molecule has 1 fully saturated rings. The number of nitro groups is 1. The summed E-state index contributed by atoms with van der Waals surface area (Å²) in [6.07, 6.45) is 0.577. The summed E-state index contributed by atoms with van der Waals surface area (Å²) in [6.45, 7) is 4.05.